The Bertz CT molecular complexity index is 772. The zero-order chi connectivity index (χ0) is 19.9. The normalized spacial score (nSPS) is 17.2. The van der Waals surface area contributed by atoms with Gasteiger partial charge in [0.05, 0.1) is 24.9 Å². The number of rotatable bonds is 9. The van der Waals surface area contributed by atoms with Crippen molar-refractivity contribution in [3.63, 3.8) is 0 Å². The molecule has 0 saturated carbocycles. The number of likely N-dealkylation sites (tertiary alicyclic amines) is 1. The molecule has 1 unspecified atom stereocenters. The molecule has 1 atom stereocenters. The van der Waals surface area contributed by atoms with Crippen molar-refractivity contribution in [1.29, 1.82) is 0 Å². The van der Waals surface area contributed by atoms with Gasteiger partial charge in [-0.25, -0.2) is 0 Å². The number of aryl methyl sites for hydroxylation is 3. The number of nitrogens with zero attached hydrogens (tertiary/aromatic N) is 5. The minimum Gasteiger partial charge on any atom is -0.382 e. The topological polar surface area (TPSA) is 95.5 Å². The lowest BCUT2D eigenvalue weighted by Gasteiger charge is -2.33. The van der Waals surface area contributed by atoms with Gasteiger partial charge in [0.15, 0.2) is 5.82 Å². The second-order valence-corrected chi connectivity index (χ2v) is 7.09. The van der Waals surface area contributed by atoms with E-state index in [1.54, 1.807) is 7.11 Å². The molecular formula is C19H29N5O4. The van der Waals surface area contributed by atoms with Gasteiger partial charge in [-0.05, 0) is 39.2 Å². The van der Waals surface area contributed by atoms with Crippen LogP contribution < -0.4 is 0 Å². The third kappa shape index (κ3) is 5.17. The van der Waals surface area contributed by atoms with Crippen LogP contribution in [0.4, 0.5) is 0 Å². The standard InChI is InChI=1S/C19H29N5O4/c1-14-12-15(2)24(21-14)9-7-18(25)23-8-5-4-6-16(23)19-20-17(28-22-19)13-27-11-10-26-3/h12,16H,4-11,13H2,1-3H3. The van der Waals surface area contributed by atoms with Crippen LogP contribution in [0.2, 0.25) is 0 Å². The molecular weight excluding hydrogens is 362 g/mol. The van der Waals surface area contributed by atoms with Gasteiger partial charge in [0, 0.05) is 32.3 Å². The van der Waals surface area contributed by atoms with Crippen LogP contribution in [-0.2, 0) is 27.4 Å². The minimum absolute atomic E-state index is 0.0972. The maximum absolute atomic E-state index is 12.9. The first kappa shape index (κ1) is 20.5. The zero-order valence-corrected chi connectivity index (χ0v) is 16.9. The first-order valence-electron chi connectivity index (χ1n) is 9.78. The Morgan fingerprint density at radius 2 is 2.18 bits per heavy atom. The average molecular weight is 391 g/mol. The fourth-order valence-corrected chi connectivity index (χ4v) is 3.51. The van der Waals surface area contributed by atoms with Gasteiger partial charge in [0.2, 0.25) is 5.91 Å². The van der Waals surface area contributed by atoms with E-state index >= 15 is 0 Å². The third-order valence-electron chi connectivity index (χ3n) is 4.90. The SMILES string of the molecule is COCCOCc1nc(C2CCCCN2C(=O)CCn2nc(C)cc2C)no1. The van der Waals surface area contributed by atoms with E-state index in [0.717, 1.165) is 37.2 Å². The van der Waals surface area contributed by atoms with Crippen LogP contribution in [0.1, 0.15) is 54.8 Å². The minimum atomic E-state index is -0.141. The molecule has 154 valence electrons. The molecule has 9 heteroatoms. The molecule has 9 nitrogen and oxygen atoms in total. The Hall–Kier alpha value is -2.26. The molecule has 2 aromatic rings. The molecule has 2 aromatic heterocycles. The summed E-state index contributed by atoms with van der Waals surface area (Å²) in [5.74, 6) is 1.08. The number of ether oxygens (including phenoxy) is 2. The van der Waals surface area contributed by atoms with Crippen molar-refractivity contribution in [2.75, 3.05) is 26.9 Å². The summed E-state index contributed by atoms with van der Waals surface area (Å²) in [7, 11) is 1.62. The van der Waals surface area contributed by atoms with Crippen LogP contribution >= 0.6 is 0 Å². The van der Waals surface area contributed by atoms with Crippen LogP contribution in [0.5, 0.6) is 0 Å². The lowest BCUT2D eigenvalue weighted by atomic mass is 10.0. The van der Waals surface area contributed by atoms with Crippen molar-refractivity contribution in [1.82, 2.24) is 24.8 Å². The zero-order valence-electron chi connectivity index (χ0n) is 16.9. The predicted octanol–water partition coefficient (Wildman–Crippen LogP) is 2.19. The Balaban J connectivity index is 1.59. The molecule has 0 aliphatic carbocycles. The molecule has 0 radical (unpaired) electrons. The fourth-order valence-electron chi connectivity index (χ4n) is 3.51. The highest BCUT2D eigenvalue weighted by atomic mass is 16.5. The summed E-state index contributed by atoms with van der Waals surface area (Å²) < 4.78 is 17.5. The number of piperidine rings is 1. The van der Waals surface area contributed by atoms with Crippen LogP contribution in [0.25, 0.3) is 0 Å². The van der Waals surface area contributed by atoms with Gasteiger partial charge in [-0.15, -0.1) is 0 Å². The third-order valence-corrected chi connectivity index (χ3v) is 4.90. The van der Waals surface area contributed by atoms with Gasteiger partial charge in [0.25, 0.3) is 5.89 Å². The van der Waals surface area contributed by atoms with Crippen molar-refractivity contribution >= 4 is 5.91 Å². The van der Waals surface area contributed by atoms with E-state index in [1.807, 2.05) is 29.5 Å². The fraction of sp³-hybridized carbons (Fsp3) is 0.684. The maximum Gasteiger partial charge on any atom is 0.252 e. The Morgan fingerprint density at radius 3 is 2.93 bits per heavy atom. The van der Waals surface area contributed by atoms with Crippen molar-refractivity contribution in [3.05, 3.63) is 29.2 Å². The van der Waals surface area contributed by atoms with Crippen molar-refractivity contribution < 1.29 is 18.8 Å². The summed E-state index contributed by atoms with van der Waals surface area (Å²) in [6.45, 7) is 6.48. The largest absolute Gasteiger partial charge is 0.382 e. The molecule has 1 aliphatic heterocycles. The number of hydrogen-bond acceptors (Lipinski definition) is 7. The molecule has 0 aromatic carbocycles. The van der Waals surface area contributed by atoms with E-state index in [4.69, 9.17) is 14.0 Å². The van der Waals surface area contributed by atoms with Crippen molar-refractivity contribution in [3.8, 4) is 0 Å². The first-order chi connectivity index (χ1) is 13.6. The molecule has 0 spiro atoms. The highest BCUT2D eigenvalue weighted by Gasteiger charge is 2.31. The van der Waals surface area contributed by atoms with Crippen LogP contribution in [0.3, 0.4) is 0 Å². The van der Waals surface area contributed by atoms with Crippen molar-refractivity contribution in [2.24, 2.45) is 0 Å². The number of hydrogen-bond donors (Lipinski definition) is 0. The van der Waals surface area contributed by atoms with Gasteiger partial charge < -0.3 is 18.9 Å². The van der Waals surface area contributed by atoms with Gasteiger partial charge in [-0.1, -0.05) is 5.16 Å². The molecule has 28 heavy (non-hydrogen) atoms. The monoisotopic (exact) mass is 391 g/mol. The number of amides is 1. The summed E-state index contributed by atoms with van der Waals surface area (Å²) in [6, 6.07) is 1.88. The molecule has 1 saturated heterocycles. The van der Waals surface area contributed by atoms with E-state index < -0.39 is 0 Å². The molecule has 3 heterocycles. The smallest absolute Gasteiger partial charge is 0.252 e. The second kappa shape index (κ2) is 9.79. The summed E-state index contributed by atoms with van der Waals surface area (Å²) in [6.07, 6.45) is 3.28. The number of carbonyl (C=O) groups is 1. The molecule has 0 N–H and O–H groups in total. The molecule has 3 rings (SSSR count). The van der Waals surface area contributed by atoms with Crippen LogP contribution in [0, 0.1) is 13.8 Å². The summed E-state index contributed by atoms with van der Waals surface area (Å²) >= 11 is 0. The lowest BCUT2D eigenvalue weighted by molar-refractivity contribution is -0.135. The number of aromatic nitrogens is 4. The van der Waals surface area contributed by atoms with Gasteiger partial charge >= 0.3 is 0 Å². The van der Waals surface area contributed by atoms with Gasteiger partial charge in [-0.2, -0.15) is 10.1 Å². The second-order valence-electron chi connectivity index (χ2n) is 7.09. The first-order valence-corrected chi connectivity index (χ1v) is 9.78. The molecule has 1 fully saturated rings. The number of methoxy groups -OCH3 is 1. The van der Waals surface area contributed by atoms with E-state index in [2.05, 4.69) is 15.2 Å². The Morgan fingerprint density at radius 1 is 1.32 bits per heavy atom. The summed E-state index contributed by atoms with van der Waals surface area (Å²) in [4.78, 5) is 19.2. The van der Waals surface area contributed by atoms with E-state index in [-0.39, 0.29) is 18.6 Å². The highest BCUT2D eigenvalue weighted by molar-refractivity contribution is 5.76. The van der Waals surface area contributed by atoms with Crippen molar-refractivity contribution in [2.45, 2.75) is 58.7 Å². The summed E-state index contributed by atoms with van der Waals surface area (Å²) in [5.41, 5.74) is 2.03. The number of carbonyl (C=O) groups excluding carboxylic acids is 1. The van der Waals surface area contributed by atoms with Gasteiger partial charge in [0.1, 0.15) is 6.61 Å². The van der Waals surface area contributed by atoms with E-state index in [0.29, 0.717) is 37.9 Å². The van der Waals surface area contributed by atoms with Crippen LogP contribution in [-0.4, -0.2) is 57.6 Å². The molecule has 0 bridgehead atoms. The Kier molecular flexibility index (Phi) is 7.16. The summed E-state index contributed by atoms with van der Waals surface area (Å²) in [5, 5.41) is 8.53. The molecule has 1 amide bonds. The predicted molar refractivity (Wildman–Crippen MR) is 100 cm³/mol. The Labute approximate surface area is 165 Å². The van der Waals surface area contributed by atoms with E-state index in [1.165, 1.54) is 0 Å². The maximum atomic E-state index is 12.9. The quantitative estimate of drug-likeness (QED) is 0.605. The van der Waals surface area contributed by atoms with E-state index in [9.17, 15) is 4.79 Å². The van der Waals surface area contributed by atoms with Crippen LogP contribution in [0.15, 0.2) is 10.6 Å². The highest BCUT2D eigenvalue weighted by Crippen LogP contribution is 2.30. The molecule has 1 aliphatic rings. The lowest BCUT2D eigenvalue weighted by Crippen LogP contribution is -2.39. The van der Waals surface area contributed by atoms with Gasteiger partial charge in [-0.3, -0.25) is 9.48 Å². The average Bonchev–Trinajstić information content (AvgIpc) is 3.29.